The van der Waals surface area contributed by atoms with Crippen LogP contribution in [0.5, 0.6) is 23.0 Å². The van der Waals surface area contributed by atoms with Crippen LogP contribution in [0.2, 0.25) is 0 Å². The molecule has 4 aromatic rings. The number of hydrogen-bond donors (Lipinski definition) is 4. The molecule has 51 heavy (non-hydrogen) atoms. The van der Waals surface area contributed by atoms with Crippen molar-refractivity contribution in [1.82, 2.24) is 0 Å². The van der Waals surface area contributed by atoms with Crippen LogP contribution in [0.25, 0.3) is 12.2 Å². The van der Waals surface area contributed by atoms with E-state index in [1.54, 1.807) is 67.8 Å². The molecule has 0 fully saturated rings. The molecule has 8 heteroatoms. The molecular weight excluding hydrogens is 640 g/mol. The van der Waals surface area contributed by atoms with Gasteiger partial charge in [-0.15, -0.1) is 0 Å². The molecule has 4 rings (SSSR count). The lowest BCUT2D eigenvalue weighted by atomic mass is 9.97. The first kappa shape index (κ1) is 39.4. The summed E-state index contributed by atoms with van der Waals surface area (Å²) in [6.45, 7) is 9.99. The van der Waals surface area contributed by atoms with Crippen molar-refractivity contribution in [2.24, 2.45) is 0 Å². The highest BCUT2D eigenvalue weighted by molar-refractivity contribution is 6.08. The minimum absolute atomic E-state index is 0.125. The number of nitrogen functional groups attached to an aromatic ring is 2. The summed E-state index contributed by atoms with van der Waals surface area (Å²) in [5.41, 5.74) is 18.0. The van der Waals surface area contributed by atoms with Crippen molar-refractivity contribution in [2.45, 2.75) is 47.5 Å². The van der Waals surface area contributed by atoms with Crippen molar-refractivity contribution in [1.29, 1.82) is 0 Å². The summed E-state index contributed by atoms with van der Waals surface area (Å²) in [5.74, 6) is 1.08. The first-order chi connectivity index (χ1) is 24.4. The minimum atomic E-state index is -0.171. The zero-order valence-electron chi connectivity index (χ0n) is 30.2. The zero-order valence-corrected chi connectivity index (χ0v) is 30.2. The smallest absolute Gasteiger partial charge is 0.185 e. The third kappa shape index (κ3) is 10.7. The number of anilines is 2. The molecule has 8 nitrogen and oxygen atoms in total. The van der Waals surface area contributed by atoms with Gasteiger partial charge in [-0.3, -0.25) is 9.59 Å². The van der Waals surface area contributed by atoms with Gasteiger partial charge < -0.3 is 31.2 Å². The Morgan fingerprint density at radius 3 is 1.61 bits per heavy atom. The summed E-state index contributed by atoms with van der Waals surface area (Å²) in [7, 11) is 1.57. The first-order valence-electron chi connectivity index (χ1n) is 16.7. The number of phenols is 2. The Bertz CT molecular complexity index is 1940. The molecule has 0 aliphatic heterocycles. The van der Waals surface area contributed by atoms with E-state index in [0.717, 1.165) is 22.3 Å². The highest BCUT2D eigenvalue weighted by Crippen LogP contribution is 2.38. The van der Waals surface area contributed by atoms with E-state index < -0.39 is 0 Å². The van der Waals surface area contributed by atoms with Gasteiger partial charge in [0.05, 0.1) is 24.8 Å². The summed E-state index contributed by atoms with van der Waals surface area (Å²) >= 11 is 0. The van der Waals surface area contributed by atoms with Gasteiger partial charge in [0.1, 0.15) is 23.0 Å². The minimum Gasteiger partial charge on any atom is -0.507 e. The second kappa shape index (κ2) is 19.2. The van der Waals surface area contributed by atoms with Crippen molar-refractivity contribution in [2.75, 3.05) is 25.2 Å². The molecule has 4 aromatic carbocycles. The highest BCUT2D eigenvalue weighted by atomic mass is 16.5. The maximum absolute atomic E-state index is 12.5. The number of rotatable bonds is 13. The van der Waals surface area contributed by atoms with E-state index in [1.807, 2.05) is 71.1 Å². The SMILES string of the molecule is CC=CCc1cc(CC=CC)c(OC)c(C=CC(=O)c2ccc(N)cc2)c1O.CCOc1c(C)cc(C)c(O)c1C=CC(=O)c1ccc(N)cc1. The summed E-state index contributed by atoms with van der Waals surface area (Å²) in [6, 6.07) is 17.3. The summed E-state index contributed by atoms with van der Waals surface area (Å²) < 4.78 is 11.2. The van der Waals surface area contributed by atoms with Gasteiger partial charge in [-0.05, 0) is 155 Å². The van der Waals surface area contributed by atoms with Crippen molar-refractivity contribution in [3.05, 3.63) is 142 Å². The van der Waals surface area contributed by atoms with Crippen LogP contribution >= 0.6 is 0 Å². The van der Waals surface area contributed by atoms with Crippen molar-refractivity contribution in [3.8, 4) is 23.0 Å². The van der Waals surface area contributed by atoms with Crippen LogP contribution in [0.4, 0.5) is 11.4 Å². The molecule has 0 atom stereocenters. The predicted molar refractivity (Wildman–Crippen MR) is 209 cm³/mol. The Morgan fingerprint density at radius 2 is 1.16 bits per heavy atom. The van der Waals surface area contributed by atoms with Crippen molar-refractivity contribution >= 4 is 35.1 Å². The lowest BCUT2D eigenvalue weighted by Crippen LogP contribution is -1.99. The van der Waals surface area contributed by atoms with Crippen molar-refractivity contribution in [3.63, 3.8) is 0 Å². The average molecular weight is 689 g/mol. The molecule has 0 unspecified atom stereocenters. The molecule has 0 spiro atoms. The number of ketones is 2. The van der Waals surface area contributed by atoms with Crippen LogP contribution in [0.15, 0.2) is 97.1 Å². The fourth-order valence-corrected chi connectivity index (χ4v) is 5.28. The molecule has 0 radical (unpaired) electrons. The number of aromatic hydroxyl groups is 2. The number of carbonyl (C=O) groups is 2. The molecule has 0 heterocycles. The molecule has 266 valence electrons. The maximum atomic E-state index is 12.5. The van der Waals surface area contributed by atoms with E-state index in [-0.39, 0.29) is 23.1 Å². The van der Waals surface area contributed by atoms with Crippen molar-refractivity contribution < 1.29 is 29.3 Å². The van der Waals surface area contributed by atoms with Crippen LogP contribution < -0.4 is 20.9 Å². The number of phenolic OH excluding ortho intramolecular Hbond substituents is 2. The summed E-state index contributed by atoms with van der Waals surface area (Å²) in [4.78, 5) is 24.7. The van der Waals surface area contributed by atoms with Gasteiger partial charge in [0.15, 0.2) is 11.6 Å². The molecule has 0 aliphatic rings. The van der Waals surface area contributed by atoms with Crippen LogP contribution in [0.3, 0.4) is 0 Å². The Labute approximate surface area is 301 Å². The zero-order chi connectivity index (χ0) is 37.5. The lowest BCUT2D eigenvalue weighted by Gasteiger charge is -2.15. The molecule has 0 amide bonds. The second-order valence-electron chi connectivity index (χ2n) is 11.7. The molecule has 0 aliphatic carbocycles. The number of aryl methyl sites for hydroxylation is 2. The van der Waals surface area contributed by atoms with E-state index in [4.69, 9.17) is 20.9 Å². The molecule has 0 bridgehead atoms. The Balaban J connectivity index is 0.000000281. The third-order valence-electron chi connectivity index (χ3n) is 7.94. The fourth-order valence-electron chi connectivity index (χ4n) is 5.28. The van der Waals surface area contributed by atoms with Crippen LogP contribution in [0.1, 0.15) is 74.9 Å². The average Bonchev–Trinajstić information content (AvgIpc) is 3.12. The number of nitrogens with two attached hydrogens (primary N) is 2. The predicted octanol–water partition coefficient (Wildman–Crippen LogP) is 9.00. The van der Waals surface area contributed by atoms with E-state index in [1.165, 1.54) is 12.2 Å². The van der Waals surface area contributed by atoms with Crippen LogP contribution in [-0.2, 0) is 12.8 Å². The normalized spacial score (nSPS) is 11.3. The van der Waals surface area contributed by atoms with Crippen LogP contribution in [-0.4, -0.2) is 35.5 Å². The quantitative estimate of drug-likeness (QED) is 0.0471. The number of carbonyl (C=O) groups excluding carboxylic acids is 2. The second-order valence-corrected chi connectivity index (χ2v) is 11.7. The number of ether oxygens (including phenoxy) is 2. The Morgan fingerprint density at radius 1 is 0.686 bits per heavy atom. The Kier molecular flexibility index (Phi) is 14.9. The Hall–Kier alpha value is -6.02. The molecular formula is C43H48N2O6. The van der Waals surface area contributed by atoms with E-state index in [0.29, 0.717) is 64.6 Å². The topological polar surface area (TPSA) is 145 Å². The first-order valence-corrected chi connectivity index (χ1v) is 16.7. The third-order valence-corrected chi connectivity index (χ3v) is 7.94. The van der Waals surface area contributed by atoms with Crippen LogP contribution in [0, 0.1) is 13.8 Å². The fraction of sp³-hybridized carbons (Fsp3) is 0.209. The number of allylic oxidation sites excluding steroid dienone is 6. The summed E-state index contributed by atoms with van der Waals surface area (Å²) in [6.07, 6.45) is 15.3. The van der Waals surface area contributed by atoms with Gasteiger partial charge in [0, 0.05) is 22.5 Å². The van der Waals surface area contributed by atoms with Gasteiger partial charge in [0.25, 0.3) is 0 Å². The maximum Gasteiger partial charge on any atom is 0.185 e. The van der Waals surface area contributed by atoms with Gasteiger partial charge >= 0.3 is 0 Å². The van der Waals surface area contributed by atoms with Gasteiger partial charge in [-0.1, -0.05) is 24.3 Å². The number of benzene rings is 4. The number of methoxy groups -OCH3 is 1. The highest BCUT2D eigenvalue weighted by Gasteiger charge is 2.17. The van der Waals surface area contributed by atoms with E-state index >= 15 is 0 Å². The molecule has 6 N–H and O–H groups in total. The van der Waals surface area contributed by atoms with Gasteiger partial charge in [-0.25, -0.2) is 0 Å². The molecule has 0 aromatic heterocycles. The lowest BCUT2D eigenvalue weighted by molar-refractivity contribution is 0.103. The van der Waals surface area contributed by atoms with Gasteiger partial charge in [0.2, 0.25) is 0 Å². The summed E-state index contributed by atoms with van der Waals surface area (Å²) in [5, 5.41) is 21.1. The monoisotopic (exact) mass is 688 g/mol. The standard InChI is InChI=1S/C24H27NO3.C19H21NO3/c1-4-6-8-18-16-19(9-7-5-2)24(28-3)21(23(18)27)14-15-22(26)17-10-12-20(25)13-11-17;1-4-23-19-13(3)11-12(2)18(22)16(19)9-10-17(21)14-5-7-15(20)8-6-14/h4-7,10-16,27H,8-9,25H2,1-3H3;5-11,22H,4,20H2,1-3H3. The van der Waals surface area contributed by atoms with E-state index in [2.05, 4.69) is 0 Å². The molecule has 0 saturated heterocycles. The van der Waals surface area contributed by atoms with E-state index in [9.17, 15) is 19.8 Å². The largest absolute Gasteiger partial charge is 0.507 e. The molecule has 0 saturated carbocycles. The number of hydrogen-bond acceptors (Lipinski definition) is 8. The van der Waals surface area contributed by atoms with Gasteiger partial charge in [-0.2, -0.15) is 0 Å².